The average Bonchev–Trinajstić information content (AvgIpc) is 2.98. The van der Waals surface area contributed by atoms with Crippen molar-refractivity contribution in [2.45, 2.75) is 35.3 Å². The summed E-state index contributed by atoms with van der Waals surface area (Å²) in [5, 5.41) is -1.14. The minimum atomic E-state index is -4.79. The Morgan fingerprint density at radius 3 is 2.33 bits per heavy atom. The van der Waals surface area contributed by atoms with Crippen LogP contribution in [0, 0.1) is 5.92 Å². The normalized spacial score (nSPS) is 24.8. The molecule has 1 aliphatic rings. The Morgan fingerprint density at radius 2 is 1.79 bits per heavy atom. The number of benzene rings is 1. The van der Waals surface area contributed by atoms with Gasteiger partial charge in [-0.05, 0) is 25.0 Å². The summed E-state index contributed by atoms with van der Waals surface area (Å²) in [6.45, 7) is 0. The lowest BCUT2D eigenvalue weighted by atomic mass is 10.1. The van der Waals surface area contributed by atoms with Gasteiger partial charge in [-0.1, -0.05) is 12.1 Å². The molecule has 134 valence electrons. The van der Waals surface area contributed by atoms with Gasteiger partial charge in [0.2, 0.25) is 0 Å². The average molecular weight is 366 g/mol. The van der Waals surface area contributed by atoms with Gasteiger partial charge in [-0.2, -0.15) is 13.2 Å². The first kappa shape index (κ1) is 18.7. The zero-order chi connectivity index (χ0) is 18.1. The lowest BCUT2D eigenvalue weighted by molar-refractivity contribution is -0.149. The summed E-state index contributed by atoms with van der Waals surface area (Å²) in [4.78, 5) is 11.0. The second-order valence-corrected chi connectivity index (χ2v) is 7.73. The van der Waals surface area contributed by atoms with E-state index in [0.29, 0.717) is 0 Å². The summed E-state index contributed by atoms with van der Waals surface area (Å²) in [6, 6.07) is 4.03. The molecule has 0 heterocycles. The SMILES string of the molecule is COC(=O)[C@H]1C[C@H](S(=O)(=O)c2ccccc2C(F)(F)F)C[C@@H]1OC. The molecule has 0 aromatic heterocycles. The highest BCUT2D eigenvalue weighted by molar-refractivity contribution is 7.92. The quantitative estimate of drug-likeness (QED) is 0.766. The van der Waals surface area contributed by atoms with Crippen LogP contribution in [0.2, 0.25) is 0 Å². The zero-order valence-corrected chi connectivity index (χ0v) is 13.9. The van der Waals surface area contributed by atoms with E-state index in [4.69, 9.17) is 4.74 Å². The molecule has 1 fully saturated rings. The number of methoxy groups -OCH3 is 2. The van der Waals surface area contributed by atoms with Crippen LogP contribution in [-0.2, 0) is 30.3 Å². The Hall–Kier alpha value is -1.61. The van der Waals surface area contributed by atoms with E-state index in [1.54, 1.807) is 0 Å². The van der Waals surface area contributed by atoms with Crippen molar-refractivity contribution in [1.29, 1.82) is 0 Å². The summed E-state index contributed by atoms with van der Waals surface area (Å²) >= 11 is 0. The molecule has 0 unspecified atom stereocenters. The lowest BCUT2D eigenvalue weighted by Gasteiger charge is -2.16. The first-order valence-electron chi connectivity index (χ1n) is 7.13. The van der Waals surface area contributed by atoms with Gasteiger partial charge in [0.25, 0.3) is 0 Å². The molecule has 1 aromatic rings. The minimum Gasteiger partial charge on any atom is -0.469 e. The Balaban J connectivity index is 2.41. The number of halogens is 3. The Morgan fingerprint density at radius 1 is 1.17 bits per heavy atom. The molecule has 0 N–H and O–H groups in total. The number of carbonyl (C=O) groups is 1. The first-order chi connectivity index (χ1) is 11.1. The summed E-state index contributed by atoms with van der Waals surface area (Å²) in [7, 11) is -1.80. The van der Waals surface area contributed by atoms with Gasteiger partial charge >= 0.3 is 12.1 Å². The molecule has 0 radical (unpaired) electrons. The van der Waals surface area contributed by atoms with Crippen molar-refractivity contribution in [1.82, 2.24) is 0 Å². The molecule has 24 heavy (non-hydrogen) atoms. The van der Waals surface area contributed by atoms with Crippen molar-refractivity contribution in [3.8, 4) is 0 Å². The monoisotopic (exact) mass is 366 g/mol. The molecule has 0 spiro atoms. The molecule has 3 atom stereocenters. The molecule has 0 bridgehead atoms. The number of esters is 1. The third-order valence-corrected chi connectivity index (χ3v) is 6.44. The van der Waals surface area contributed by atoms with Crippen molar-refractivity contribution in [3.05, 3.63) is 29.8 Å². The molecule has 1 saturated carbocycles. The highest BCUT2D eigenvalue weighted by Gasteiger charge is 2.47. The van der Waals surface area contributed by atoms with E-state index in [0.717, 1.165) is 25.3 Å². The second-order valence-electron chi connectivity index (χ2n) is 5.54. The van der Waals surface area contributed by atoms with Crippen LogP contribution in [-0.4, -0.2) is 40.0 Å². The molecule has 2 rings (SSSR count). The van der Waals surface area contributed by atoms with E-state index in [1.165, 1.54) is 13.2 Å². The van der Waals surface area contributed by atoms with Crippen LogP contribution in [0.3, 0.4) is 0 Å². The highest BCUT2D eigenvalue weighted by Crippen LogP contribution is 2.40. The smallest absolute Gasteiger partial charge is 0.417 e. The molecule has 0 amide bonds. The van der Waals surface area contributed by atoms with Gasteiger partial charge in [0, 0.05) is 7.11 Å². The van der Waals surface area contributed by atoms with E-state index in [2.05, 4.69) is 4.74 Å². The van der Waals surface area contributed by atoms with Crippen LogP contribution >= 0.6 is 0 Å². The predicted octanol–water partition coefficient (Wildman–Crippen LogP) is 2.45. The fourth-order valence-corrected chi connectivity index (χ4v) is 5.02. The van der Waals surface area contributed by atoms with Crippen molar-refractivity contribution in [2.24, 2.45) is 5.92 Å². The van der Waals surface area contributed by atoms with Gasteiger partial charge in [-0.3, -0.25) is 4.79 Å². The number of ether oxygens (including phenoxy) is 2. The maximum atomic E-state index is 13.1. The van der Waals surface area contributed by atoms with Crippen LogP contribution in [0.5, 0.6) is 0 Å². The van der Waals surface area contributed by atoms with Crippen LogP contribution in [0.4, 0.5) is 13.2 Å². The van der Waals surface area contributed by atoms with Crippen LogP contribution in [0.15, 0.2) is 29.2 Å². The lowest BCUT2D eigenvalue weighted by Crippen LogP contribution is -2.25. The Kier molecular flexibility index (Phi) is 5.24. The van der Waals surface area contributed by atoms with Gasteiger partial charge in [-0.15, -0.1) is 0 Å². The minimum absolute atomic E-state index is 0.0647. The van der Waals surface area contributed by atoms with Gasteiger partial charge in [0.1, 0.15) is 0 Å². The number of alkyl halides is 3. The number of sulfone groups is 1. The second kappa shape index (κ2) is 6.72. The van der Waals surface area contributed by atoms with Gasteiger partial charge < -0.3 is 9.47 Å². The standard InChI is InChI=1S/C15H17F3O5S/c1-22-12-8-9(7-10(12)14(19)23-2)24(20,21)13-6-4-3-5-11(13)15(16,17)18/h3-6,9-10,12H,7-8H2,1-2H3/t9-,10-,12-/m0/s1. The van der Waals surface area contributed by atoms with Gasteiger partial charge in [-0.25, -0.2) is 8.42 Å². The van der Waals surface area contributed by atoms with Crippen molar-refractivity contribution < 1.29 is 35.9 Å². The summed E-state index contributed by atoms with van der Waals surface area (Å²) in [5.41, 5.74) is -1.21. The van der Waals surface area contributed by atoms with Gasteiger partial charge in [0.05, 0.1) is 34.8 Å². The Labute approximate surface area is 137 Å². The maximum Gasteiger partial charge on any atom is 0.417 e. The Bertz CT molecular complexity index is 714. The molecule has 0 aliphatic heterocycles. The number of hydrogen-bond donors (Lipinski definition) is 0. The molecular formula is C15H17F3O5S. The van der Waals surface area contributed by atoms with Crippen molar-refractivity contribution in [2.75, 3.05) is 14.2 Å². The van der Waals surface area contributed by atoms with Gasteiger partial charge in [0.15, 0.2) is 9.84 Å². The fourth-order valence-electron chi connectivity index (χ4n) is 3.00. The number of carbonyl (C=O) groups excluding carboxylic acids is 1. The van der Waals surface area contributed by atoms with E-state index in [9.17, 15) is 26.4 Å². The van der Waals surface area contributed by atoms with E-state index < -0.39 is 49.7 Å². The largest absolute Gasteiger partial charge is 0.469 e. The summed E-state index contributed by atoms with van der Waals surface area (Å²) in [5.74, 6) is -1.46. The molecule has 1 aromatic carbocycles. The predicted molar refractivity (Wildman–Crippen MR) is 78.0 cm³/mol. The summed E-state index contributed by atoms with van der Waals surface area (Å²) < 4.78 is 74.5. The summed E-state index contributed by atoms with van der Waals surface area (Å²) in [6.07, 6.45) is -5.70. The third-order valence-electron chi connectivity index (χ3n) is 4.21. The van der Waals surface area contributed by atoms with Crippen LogP contribution in [0.25, 0.3) is 0 Å². The van der Waals surface area contributed by atoms with E-state index in [1.807, 2.05) is 0 Å². The maximum absolute atomic E-state index is 13.1. The third kappa shape index (κ3) is 3.41. The van der Waals surface area contributed by atoms with Crippen molar-refractivity contribution in [3.63, 3.8) is 0 Å². The topological polar surface area (TPSA) is 69.7 Å². The molecule has 9 heteroatoms. The molecule has 5 nitrogen and oxygen atoms in total. The molecule has 0 saturated heterocycles. The van der Waals surface area contributed by atoms with E-state index >= 15 is 0 Å². The highest BCUT2D eigenvalue weighted by atomic mass is 32.2. The first-order valence-corrected chi connectivity index (χ1v) is 8.68. The van der Waals surface area contributed by atoms with Crippen LogP contribution < -0.4 is 0 Å². The molecule has 1 aliphatic carbocycles. The molecular weight excluding hydrogens is 349 g/mol. The number of hydrogen-bond acceptors (Lipinski definition) is 5. The van der Waals surface area contributed by atoms with Crippen molar-refractivity contribution >= 4 is 15.8 Å². The van der Waals surface area contributed by atoms with Crippen LogP contribution in [0.1, 0.15) is 18.4 Å². The van der Waals surface area contributed by atoms with E-state index in [-0.39, 0.29) is 12.8 Å². The number of rotatable bonds is 4. The zero-order valence-electron chi connectivity index (χ0n) is 13.0. The fraction of sp³-hybridized carbons (Fsp3) is 0.533.